The van der Waals surface area contributed by atoms with Gasteiger partial charge < -0.3 is 19.9 Å². The summed E-state index contributed by atoms with van der Waals surface area (Å²) in [5, 5.41) is 13.5. The van der Waals surface area contributed by atoms with E-state index in [0.717, 1.165) is 24.2 Å². The predicted octanol–water partition coefficient (Wildman–Crippen LogP) is 2.13. The largest absolute Gasteiger partial charge is 0.497 e. The Morgan fingerprint density at radius 2 is 1.89 bits per heavy atom. The van der Waals surface area contributed by atoms with E-state index >= 15 is 0 Å². The summed E-state index contributed by atoms with van der Waals surface area (Å²) in [6.07, 6.45) is 1.63. The summed E-state index contributed by atoms with van der Waals surface area (Å²) >= 11 is 0. The fourth-order valence-corrected chi connectivity index (χ4v) is 2.02. The minimum Gasteiger partial charge on any atom is -0.497 e. The van der Waals surface area contributed by atoms with Crippen molar-refractivity contribution >= 4 is 0 Å². The molecule has 1 aromatic carbocycles. The van der Waals surface area contributed by atoms with Gasteiger partial charge in [-0.1, -0.05) is 25.5 Å². The van der Waals surface area contributed by atoms with Gasteiger partial charge in [0.25, 0.3) is 0 Å². The first-order chi connectivity index (χ1) is 9.21. The van der Waals surface area contributed by atoms with Crippen LogP contribution in [0.25, 0.3) is 0 Å². The zero-order valence-corrected chi connectivity index (χ0v) is 12.1. The Kier molecular flexibility index (Phi) is 7.48. The molecule has 0 saturated carbocycles. The molecule has 2 atom stereocenters. The van der Waals surface area contributed by atoms with Gasteiger partial charge in [-0.15, -0.1) is 0 Å². The van der Waals surface area contributed by atoms with Crippen molar-refractivity contribution in [1.82, 2.24) is 5.32 Å². The minimum absolute atomic E-state index is 0.294. The number of methoxy groups -OCH3 is 2. The first kappa shape index (κ1) is 16.0. The number of benzene rings is 1. The lowest BCUT2D eigenvalue weighted by molar-refractivity contribution is 0.135. The van der Waals surface area contributed by atoms with E-state index in [1.807, 2.05) is 24.3 Å². The van der Waals surface area contributed by atoms with Crippen molar-refractivity contribution in [2.45, 2.75) is 31.9 Å². The first-order valence-electron chi connectivity index (χ1n) is 6.75. The lowest BCUT2D eigenvalue weighted by Gasteiger charge is -2.20. The average molecular weight is 267 g/mol. The third-order valence-electron chi connectivity index (χ3n) is 3.11. The van der Waals surface area contributed by atoms with Crippen molar-refractivity contribution < 1.29 is 14.6 Å². The second kappa shape index (κ2) is 8.91. The normalized spacial score (nSPS) is 14.1. The van der Waals surface area contributed by atoms with Crippen LogP contribution in [0.4, 0.5) is 0 Å². The third kappa shape index (κ3) is 5.59. The monoisotopic (exact) mass is 267 g/mol. The zero-order valence-electron chi connectivity index (χ0n) is 12.1. The Morgan fingerprint density at radius 3 is 2.42 bits per heavy atom. The smallest absolute Gasteiger partial charge is 0.118 e. The zero-order chi connectivity index (χ0) is 14.1. The second-order valence-corrected chi connectivity index (χ2v) is 4.64. The lowest BCUT2D eigenvalue weighted by Crippen LogP contribution is -2.36. The highest BCUT2D eigenvalue weighted by molar-refractivity contribution is 5.28. The molecule has 0 fully saturated rings. The van der Waals surface area contributed by atoms with E-state index in [1.54, 1.807) is 14.2 Å². The van der Waals surface area contributed by atoms with Gasteiger partial charge in [0.2, 0.25) is 0 Å². The van der Waals surface area contributed by atoms with Crippen molar-refractivity contribution in [3.05, 3.63) is 29.8 Å². The molecule has 19 heavy (non-hydrogen) atoms. The number of aliphatic hydroxyl groups excluding tert-OH is 1. The highest BCUT2D eigenvalue weighted by atomic mass is 16.5. The van der Waals surface area contributed by atoms with Crippen LogP contribution in [0.2, 0.25) is 0 Å². The van der Waals surface area contributed by atoms with Gasteiger partial charge in [-0.2, -0.15) is 0 Å². The number of aliphatic hydroxyl groups is 1. The van der Waals surface area contributed by atoms with E-state index in [1.165, 1.54) is 0 Å². The Morgan fingerprint density at radius 1 is 1.21 bits per heavy atom. The molecule has 0 aromatic heterocycles. The summed E-state index contributed by atoms with van der Waals surface area (Å²) in [5.41, 5.74) is 0.890. The molecule has 4 heteroatoms. The van der Waals surface area contributed by atoms with Crippen LogP contribution in [-0.2, 0) is 4.74 Å². The highest BCUT2D eigenvalue weighted by Gasteiger charge is 2.11. The van der Waals surface area contributed by atoms with E-state index in [4.69, 9.17) is 9.47 Å². The molecule has 0 bridgehead atoms. The van der Waals surface area contributed by atoms with Gasteiger partial charge in [0.05, 0.1) is 19.8 Å². The van der Waals surface area contributed by atoms with Gasteiger partial charge in [-0.25, -0.2) is 0 Å². The van der Waals surface area contributed by atoms with Crippen molar-refractivity contribution in [2.24, 2.45) is 0 Å². The van der Waals surface area contributed by atoms with E-state index in [0.29, 0.717) is 19.2 Å². The Balaban J connectivity index is 2.45. The summed E-state index contributed by atoms with van der Waals surface area (Å²) in [6.45, 7) is 3.34. The van der Waals surface area contributed by atoms with E-state index in [9.17, 15) is 5.11 Å². The maximum Gasteiger partial charge on any atom is 0.118 e. The van der Waals surface area contributed by atoms with Gasteiger partial charge in [-0.3, -0.25) is 0 Å². The van der Waals surface area contributed by atoms with Crippen LogP contribution in [0.15, 0.2) is 24.3 Å². The number of ether oxygens (including phenoxy) is 2. The van der Waals surface area contributed by atoms with Gasteiger partial charge in [0.1, 0.15) is 5.75 Å². The van der Waals surface area contributed by atoms with Crippen LogP contribution in [0, 0.1) is 0 Å². The summed E-state index contributed by atoms with van der Waals surface area (Å²) < 4.78 is 10.3. The third-order valence-corrected chi connectivity index (χ3v) is 3.11. The molecule has 0 aliphatic carbocycles. The summed E-state index contributed by atoms with van der Waals surface area (Å²) in [6, 6.07) is 7.78. The standard InChI is InChI=1S/C15H25NO3/c1-4-5-13(11-18-2)16-10-15(17)12-6-8-14(19-3)9-7-12/h6-9,13,15-17H,4-5,10-11H2,1-3H3. The van der Waals surface area contributed by atoms with Crippen molar-refractivity contribution in [1.29, 1.82) is 0 Å². The van der Waals surface area contributed by atoms with Crippen molar-refractivity contribution in [2.75, 3.05) is 27.4 Å². The van der Waals surface area contributed by atoms with E-state index in [-0.39, 0.29) is 0 Å². The number of hydrogen-bond donors (Lipinski definition) is 2. The highest BCUT2D eigenvalue weighted by Crippen LogP contribution is 2.17. The lowest BCUT2D eigenvalue weighted by atomic mass is 10.1. The Labute approximate surface area is 115 Å². The van der Waals surface area contributed by atoms with Gasteiger partial charge >= 0.3 is 0 Å². The number of rotatable bonds is 9. The topological polar surface area (TPSA) is 50.7 Å². The van der Waals surface area contributed by atoms with E-state index < -0.39 is 6.10 Å². The van der Waals surface area contributed by atoms with Gasteiger partial charge in [0.15, 0.2) is 0 Å². The molecule has 2 unspecified atom stereocenters. The maximum absolute atomic E-state index is 10.1. The molecule has 1 aromatic rings. The second-order valence-electron chi connectivity index (χ2n) is 4.64. The van der Waals surface area contributed by atoms with Gasteiger partial charge in [0, 0.05) is 19.7 Å². The maximum atomic E-state index is 10.1. The van der Waals surface area contributed by atoms with Crippen LogP contribution < -0.4 is 10.1 Å². The Bertz CT molecular complexity index is 334. The van der Waals surface area contributed by atoms with Crippen LogP contribution in [0.5, 0.6) is 5.75 Å². The fraction of sp³-hybridized carbons (Fsp3) is 0.600. The fourth-order valence-electron chi connectivity index (χ4n) is 2.02. The van der Waals surface area contributed by atoms with Gasteiger partial charge in [-0.05, 0) is 24.1 Å². The SMILES string of the molecule is CCCC(COC)NCC(O)c1ccc(OC)cc1. The van der Waals surface area contributed by atoms with Crippen LogP contribution in [0.3, 0.4) is 0 Å². The summed E-state index contributed by atoms with van der Waals surface area (Å²) in [7, 11) is 3.33. The molecule has 0 aliphatic rings. The number of hydrogen-bond acceptors (Lipinski definition) is 4. The number of nitrogens with one attached hydrogen (secondary N) is 1. The quantitative estimate of drug-likeness (QED) is 0.719. The molecule has 0 amide bonds. The predicted molar refractivity (Wildman–Crippen MR) is 76.5 cm³/mol. The van der Waals surface area contributed by atoms with Crippen molar-refractivity contribution in [3.8, 4) is 5.75 Å². The molecule has 0 radical (unpaired) electrons. The Hall–Kier alpha value is -1.10. The van der Waals surface area contributed by atoms with Crippen molar-refractivity contribution in [3.63, 3.8) is 0 Å². The average Bonchev–Trinajstić information content (AvgIpc) is 2.45. The summed E-state index contributed by atoms with van der Waals surface area (Å²) in [5.74, 6) is 0.798. The molecule has 108 valence electrons. The molecular formula is C15H25NO3. The molecule has 0 spiro atoms. The molecule has 2 N–H and O–H groups in total. The van der Waals surface area contributed by atoms with Crippen LogP contribution in [0.1, 0.15) is 31.4 Å². The molecule has 0 heterocycles. The summed E-state index contributed by atoms with van der Waals surface area (Å²) in [4.78, 5) is 0. The molecule has 0 aliphatic heterocycles. The van der Waals surface area contributed by atoms with Crippen LogP contribution in [-0.4, -0.2) is 38.5 Å². The van der Waals surface area contributed by atoms with Crippen LogP contribution >= 0.6 is 0 Å². The minimum atomic E-state index is -0.512. The first-order valence-corrected chi connectivity index (χ1v) is 6.75. The molecule has 0 saturated heterocycles. The molecule has 1 rings (SSSR count). The molecular weight excluding hydrogens is 242 g/mol. The van der Waals surface area contributed by atoms with E-state index in [2.05, 4.69) is 12.2 Å². The molecule has 4 nitrogen and oxygen atoms in total.